The Bertz CT molecular complexity index is 697. The number of hydrogen-bond acceptors (Lipinski definition) is 3. The highest BCUT2D eigenvalue weighted by Gasteiger charge is 2.14. The van der Waals surface area contributed by atoms with E-state index in [1.807, 2.05) is 13.8 Å². The zero-order chi connectivity index (χ0) is 14.0. The van der Waals surface area contributed by atoms with Gasteiger partial charge in [0.1, 0.15) is 0 Å². The molecule has 0 fully saturated rings. The zero-order valence-corrected chi connectivity index (χ0v) is 11.3. The van der Waals surface area contributed by atoms with Gasteiger partial charge in [0.2, 0.25) is 5.95 Å². The van der Waals surface area contributed by atoms with Crippen molar-refractivity contribution in [3.63, 3.8) is 0 Å². The van der Waals surface area contributed by atoms with Gasteiger partial charge < -0.3 is 0 Å². The van der Waals surface area contributed by atoms with Crippen LogP contribution in [0.3, 0.4) is 0 Å². The van der Waals surface area contributed by atoms with Gasteiger partial charge >= 0.3 is 0 Å². The van der Waals surface area contributed by atoms with E-state index in [1.54, 1.807) is 12.1 Å². The van der Waals surface area contributed by atoms with Crippen LogP contribution in [0.5, 0.6) is 0 Å². The maximum atomic E-state index is 12.7. The Labute approximate surface area is 111 Å². The molecule has 1 N–H and O–H groups in total. The summed E-state index contributed by atoms with van der Waals surface area (Å²) in [6.07, 6.45) is 1.13. The summed E-state index contributed by atoms with van der Waals surface area (Å²) in [4.78, 5) is 3.56. The molecule has 1 heterocycles. The number of rotatable bonds is 3. The van der Waals surface area contributed by atoms with Gasteiger partial charge in [-0.15, -0.1) is 0 Å². The van der Waals surface area contributed by atoms with E-state index in [2.05, 4.69) is 9.71 Å². The first kappa shape index (κ1) is 13.5. The number of benzene rings is 1. The van der Waals surface area contributed by atoms with Crippen LogP contribution in [0.1, 0.15) is 11.1 Å². The molecule has 0 saturated heterocycles. The summed E-state index contributed by atoms with van der Waals surface area (Å²) in [5.41, 5.74) is 2.13. The van der Waals surface area contributed by atoms with E-state index in [1.165, 1.54) is 12.1 Å². The van der Waals surface area contributed by atoms with Crippen LogP contribution in [-0.4, -0.2) is 13.4 Å². The highest BCUT2D eigenvalue weighted by Crippen LogP contribution is 2.18. The molecule has 0 amide bonds. The number of hydrogen-bond donors (Lipinski definition) is 1. The minimum atomic E-state index is -3.68. The molecule has 2 rings (SSSR count). The summed E-state index contributed by atoms with van der Waals surface area (Å²) in [5, 5.41) is 0. The Morgan fingerprint density at radius 2 is 1.84 bits per heavy atom. The molecule has 0 radical (unpaired) electrons. The largest absolute Gasteiger partial charge is 0.278 e. The van der Waals surface area contributed by atoms with Gasteiger partial charge in [0.15, 0.2) is 0 Å². The molecule has 0 bridgehead atoms. The molecule has 0 aliphatic heterocycles. The molecule has 0 saturated carbocycles. The van der Waals surface area contributed by atoms with Crippen molar-refractivity contribution in [3.05, 3.63) is 53.6 Å². The number of nitrogens with zero attached hydrogens (tertiary/aromatic N) is 1. The van der Waals surface area contributed by atoms with Crippen molar-refractivity contribution in [2.75, 3.05) is 4.72 Å². The third-order valence-corrected chi connectivity index (χ3v) is 4.15. The van der Waals surface area contributed by atoms with Gasteiger partial charge in [0.05, 0.1) is 16.8 Å². The first-order valence-electron chi connectivity index (χ1n) is 5.60. The number of halogens is 1. The third-order valence-electron chi connectivity index (χ3n) is 2.77. The quantitative estimate of drug-likeness (QED) is 0.879. The van der Waals surface area contributed by atoms with Gasteiger partial charge in [-0.05, 0) is 49.2 Å². The number of anilines is 1. The molecule has 0 atom stereocenters. The summed E-state index contributed by atoms with van der Waals surface area (Å²) in [5.74, 6) is -0.658. The van der Waals surface area contributed by atoms with Crippen molar-refractivity contribution >= 4 is 15.7 Å². The number of sulfonamides is 1. The third kappa shape index (κ3) is 3.08. The van der Waals surface area contributed by atoms with Crippen LogP contribution in [0, 0.1) is 19.8 Å². The predicted octanol–water partition coefficient (Wildman–Crippen LogP) is 2.64. The topological polar surface area (TPSA) is 59.1 Å². The van der Waals surface area contributed by atoms with Gasteiger partial charge in [-0.1, -0.05) is 6.07 Å². The first-order valence-corrected chi connectivity index (χ1v) is 7.08. The number of aromatic nitrogens is 1. The molecule has 4 nitrogen and oxygen atoms in total. The summed E-state index contributed by atoms with van der Waals surface area (Å²) in [7, 11) is -3.68. The molecule has 1 aromatic heterocycles. The van der Waals surface area contributed by atoms with E-state index in [4.69, 9.17) is 0 Å². The predicted molar refractivity (Wildman–Crippen MR) is 70.9 cm³/mol. The van der Waals surface area contributed by atoms with E-state index in [0.29, 0.717) is 0 Å². The SMILES string of the molecule is Cc1ccc(S(=O)(=O)Nc2ccc(F)nc2)cc1C. The molecule has 0 unspecified atom stereocenters. The summed E-state index contributed by atoms with van der Waals surface area (Å²) in [6.45, 7) is 3.75. The molecule has 0 aliphatic rings. The Hall–Kier alpha value is -1.95. The van der Waals surface area contributed by atoms with E-state index in [9.17, 15) is 12.8 Å². The fraction of sp³-hybridized carbons (Fsp3) is 0.154. The Morgan fingerprint density at radius 1 is 1.11 bits per heavy atom. The highest BCUT2D eigenvalue weighted by molar-refractivity contribution is 7.92. The van der Waals surface area contributed by atoms with Crippen LogP contribution in [0.2, 0.25) is 0 Å². The standard InChI is InChI=1S/C13H13FN2O2S/c1-9-3-5-12(7-10(9)2)19(17,18)16-11-4-6-13(14)15-8-11/h3-8,16H,1-2H3. The fourth-order valence-corrected chi connectivity index (χ4v) is 2.66. The van der Waals surface area contributed by atoms with Gasteiger partial charge in [0, 0.05) is 0 Å². The van der Waals surface area contributed by atoms with Crippen molar-refractivity contribution in [3.8, 4) is 0 Å². The van der Waals surface area contributed by atoms with Crippen LogP contribution in [0.4, 0.5) is 10.1 Å². The second kappa shape index (κ2) is 4.97. The van der Waals surface area contributed by atoms with Crippen molar-refractivity contribution in [1.82, 2.24) is 4.98 Å². The highest BCUT2D eigenvalue weighted by atomic mass is 32.2. The van der Waals surface area contributed by atoms with Gasteiger partial charge in [0.25, 0.3) is 10.0 Å². The summed E-state index contributed by atoms with van der Waals surface area (Å²) < 4.78 is 39.2. The van der Waals surface area contributed by atoms with Crippen LogP contribution < -0.4 is 4.72 Å². The lowest BCUT2D eigenvalue weighted by molar-refractivity contribution is 0.583. The molecule has 1 aromatic carbocycles. The van der Waals surface area contributed by atoms with Crippen LogP contribution in [0.25, 0.3) is 0 Å². The van der Waals surface area contributed by atoms with Crippen LogP contribution >= 0.6 is 0 Å². The number of pyridine rings is 1. The van der Waals surface area contributed by atoms with Crippen LogP contribution in [0.15, 0.2) is 41.4 Å². The second-order valence-electron chi connectivity index (χ2n) is 4.22. The average molecular weight is 280 g/mol. The zero-order valence-electron chi connectivity index (χ0n) is 10.5. The number of nitrogens with one attached hydrogen (secondary N) is 1. The normalized spacial score (nSPS) is 11.3. The van der Waals surface area contributed by atoms with Gasteiger partial charge in [-0.25, -0.2) is 13.4 Å². The lowest BCUT2D eigenvalue weighted by Crippen LogP contribution is -2.13. The van der Waals surface area contributed by atoms with Crippen molar-refractivity contribution in [1.29, 1.82) is 0 Å². The van der Waals surface area contributed by atoms with E-state index < -0.39 is 16.0 Å². The average Bonchev–Trinajstić information content (AvgIpc) is 2.35. The lowest BCUT2D eigenvalue weighted by Gasteiger charge is -2.09. The fourth-order valence-electron chi connectivity index (χ4n) is 1.53. The van der Waals surface area contributed by atoms with Gasteiger partial charge in [-0.2, -0.15) is 4.39 Å². The van der Waals surface area contributed by atoms with E-state index in [0.717, 1.165) is 23.4 Å². The Morgan fingerprint density at radius 3 is 2.42 bits per heavy atom. The Balaban J connectivity index is 2.32. The van der Waals surface area contributed by atoms with E-state index >= 15 is 0 Å². The molecule has 2 aromatic rings. The van der Waals surface area contributed by atoms with E-state index in [-0.39, 0.29) is 10.6 Å². The monoisotopic (exact) mass is 280 g/mol. The molecule has 100 valence electrons. The number of aryl methyl sites for hydroxylation is 2. The minimum absolute atomic E-state index is 0.167. The lowest BCUT2D eigenvalue weighted by atomic mass is 10.1. The van der Waals surface area contributed by atoms with Crippen LogP contribution in [-0.2, 0) is 10.0 Å². The first-order chi connectivity index (χ1) is 8.88. The second-order valence-corrected chi connectivity index (χ2v) is 5.90. The smallest absolute Gasteiger partial charge is 0.261 e. The minimum Gasteiger partial charge on any atom is -0.278 e. The molecular weight excluding hydrogens is 267 g/mol. The molecule has 0 aliphatic carbocycles. The molecular formula is C13H13FN2O2S. The molecule has 19 heavy (non-hydrogen) atoms. The van der Waals surface area contributed by atoms with Crippen molar-refractivity contribution in [2.45, 2.75) is 18.7 Å². The van der Waals surface area contributed by atoms with Gasteiger partial charge in [-0.3, -0.25) is 4.72 Å². The summed E-state index contributed by atoms with van der Waals surface area (Å²) in [6, 6.07) is 7.28. The van der Waals surface area contributed by atoms with Crippen molar-refractivity contribution in [2.24, 2.45) is 0 Å². The Kier molecular flexibility index (Phi) is 3.53. The molecule has 0 spiro atoms. The molecule has 6 heteroatoms. The summed E-state index contributed by atoms with van der Waals surface area (Å²) >= 11 is 0. The van der Waals surface area contributed by atoms with Crippen molar-refractivity contribution < 1.29 is 12.8 Å². The maximum Gasteiger partial charge on any atom is 0.261 e. The maximum absolute atomic E-state index is 12.7.